The number of aromatic nitrogens is 2. The van der Waals surface area contributed by atoms with Crippen molar-refractivity contribution >= 4 is 11.6 Å². The van der Waals surface area contributed by atoms with E-state index in [1.54, 1.807) is 24.3 Å². The molecule has 21 heavy (non-hydrogen) atoms. The zero-order valence-electron chi connectivity index (χ0n) is 12.0. The fraction of sp³-hybridized carbons (Fsp3) is 0.333. The Bertz CT molecular complexity index is 683. The molecule has 0 atom stereocenters. The lowest BCUT2D eigenvalue weighted by Gasteiger charge is -2.11. The van der Waals surface area contributed by atoms with Crippen molar-refractivity contribution in [3.8, 4) is 11.4 Å². The summed E-state index contributed by atoms with van der Waals surface area (Å²) in [6.45, 7) is 5.38. The molecule has 0 bridgehead atoms. The molecule has 1 aromatic heterocycles. The van der Waals surface area contributed by atoms with E-state index >= 15 is 0 Å². The maximum Gasteiger partial charge on any atom is 0.275 e. The molecule has 2 aromatic rings. The van der Waals surface area contributed by atoms with Crippen molar-refractivity contribution in [3.05, 3.63) is 51.4 Å². The van der Waals surface area contributed by atoms with Gasteiger partial charge in [0, 0.05) is 17.6 Å². The first kappa shape index (κ1) is 15.5. The second kappa shape index (κ2) is 6.74. The molecule has 112 valence electrons. The van der Waals surface area contributed by atoms with Crippen LogP contribution in [0.2, 0.25) is 5.02 Å². The van der Waals surface area contributed by atoms with Crippen molar-refractivity contribution in [2.24, 2.45) is 5.92 Å². The van der Waals surface area contributed by atoms with Gasteiger partial charge in [-0.1, -0.05) is 31.5 Å². The number of nitrogens with zero attached hydrogens (tertiary/aromatic N) is 2. The van der Waals surface area contributed by atoms with Gasteiger partial charge in [-0.05, 0) is 30.7 Å². The highest BCUT2D eigenvalue weighted by Gasteiger charge is 2.09. The van der Waals surface area contributed by atoms with Crippen LogP contribution in [0.25, 0.3) is 5.69 Å². The molecule has 0 saturated heterocycles. The van der Waals surface area contributed by atoms with Crippen molar-refractivity contribution in [1.82, 2.24) is 15.1 Å². The number of hydrogen-bond acceptors (Lipinski definition) is 4. The molecule has 2 rings (SSSR count). The van der Waals surface area contributed by atoms with E-state index in [9.17, 15) is 9.90 Å². The van der Waals surface area contributed by atoms with Gasteiger partial charge in [0.1, 0.15) is 11.4 Å². The fourth-order valence-corrected chi connectivity index (χ4v) is 2.07. The quantitative estimate of drug-likeness (QED) is 0.890. The third-order valence-corrected chi connectivity index (χ3v) is 3.12. The second-order valence-corrected chi connectivity index (χ2v) is 5.67. The van der Waals surface area contributed by atoms with Crippen molar-refractivity contribution in [2.75, 3.05) is 6.54 Å². The van der Waals surface area contributed by atoms with Crippen LogP contribution >= 0.6 is 11.6 Å². The highest BCUT2D eigenvalue weighted by Crippen LogP contribution is 2.15. The topological polar surface area (TPSA) is 67.2 Å². The molecule has 0 radical (unpaired) electrons. The maximum absolute atomic E-state index is 12.0. The van der Waals surface area contributed by atoms with Gasteiger partial charge in [0.05, 0.1) is 5.69 Å². The van der Waals surface area contributed by atoms with Crippen LogP contribution in [0.5, 0.6) is 5.75 Å². The Labute approximate surface area is 128 Å². The van der Waals surface area contributed by atoms with Crippen LogP contribution in [-0.4, -0.2) is 21.4 Å². The van der Waals surface area contributed by atoms with Gasteiger partial charge in [-0.3, -0.25) is 4.79 Å². The Balaban J connectivity index is 2.32. The highest BCUT2D eigenvalue weighted by molar-refractivity contribution is 6.30. The van der Waals surface area contributed by atoms with E-state index in [0.717, 1.165) is 6.54 Å². The zero-order valence-corrected chi connectivity index (χ0v) is 12.8. The predicted octanol–water partition coefficient (Wildman–Crippen LogP) is 2.34. The second-order valence-electron chi connectivity index (χ2n) is 5.23. The minimum absolute atomic E-state index is 0.102. The number of hydrogen-bond donors (Lipinski definition) is 2. The van der Waals surface area contributed by atoms with Gasteiger partial charge in [0.25, 0.3) is 5.56 Å². The number of rotatable bonds is 5. The molecule has 6 heteroatoms. The first-order chi connectivity index (χ1) is 9.97. The molecule has 0 spiro atoms. The molecule has 1 aromatic carbocycles. The molecule has 0 aliphatic carbocycles. The van der Waals surface area contributed by atoms with Crippen LogP contribution in [0.3, 0.4) is 0 Å². The van der Waals surface area contributed by atoms with E-state index in [-0.39, 0.29) is 5.75 Å². The summed E-state index contributed by atoms with van der Waals surface area (Å²) in [4.78, 5) is 12.0. The lowest BCUT2D eigenvalue weighted by Crippen LogP contribution is -2.25. The van der Waals surface area contributed by atoms with Gasteiger partial charge < -0.3 is 10.4 Å². The molecule has 0 fully saturated rings. The van der Waals surface area contributed by atoms with Crippen LogP contribution in [0.15, 0.2) is 35.1 Å². The fourth-order valence-electron chi connectivity index (χ4n) is 1.88. The van der Waals surface area contributed by atoms with Crippen molar-refractivity contribution in [2.45, 2.75) is 20.4 Å². The molecule has 0 amide bonds. The SMILES string of the molecule is CC(C)CNCc1nn(-c2cccc(Cl)c2)c(=O)cc1O. The first-order valence-corrected chi connectivity index (χ1v) is 7.14. The molecule has 0 unspecified atom stereocenters. The molecular weight excluding hydrogens is 290 g/mol. The Morgan fingerprint density at radius 1 is 1.38 bits per heavy atom. The van der Waals surface area contributed by atoms with Crippen LogP contribution in [0, 0.1) is 5.92 Å². The third kappa shape index (κ3) is 4.06. The summed E-state index contributed by atoms with van der Waals surface area (Å²) in [7, 11) is 0. The monoisotopic (exact) mass is 307 g/mol. The number of aromatic hydroxyl groups is 1. The molecule has 0 aliphatic heterocycles. The first-order valence-electron chi connectivity index (χ1n) is 6.76. The van der Waals surface area contributed by atoms with E-state index in [0.29, 0.717) is 28.9 Å². The van der Waals surface area contributed by atoms with Gasteiger partial charge in [0.15, 0.2) is 0 Å². The Hall–Kier alpha value is -1.85. The van der Waals surface area contributed by atoms with Crippen LogP contribution in [0.1, 0.15) is 19.5 Å². The van der Waals surface area contributed by atoms with E-state index < -0.39 is 5.56 Å². The summed E-state index contributed by atoms with van der Waals surface area (Å²) in [5.41, 5.74) is 0.593. The van der Waals surface area contributed by atoms with Crippen molar-refractivity contribution in [1.29, 1.82) is 0 Å². The van der Waals surface area contributed by atoms with Gasteiger partial charge >= 0.3 is 0 Å². The molecule has 0 saturated carbocycles. The van der Waals surface area contributed by atoms with E-state index in [2.05, 4.69) is 24.3 Å². The largest absolute Gasteiger partial charge is 0.506 e. The summed E-state index contributed by atoms with van der Waals surface area (Å²) in [5.74, 6) is 0.389. The minimum Gasteiger partial charge on any atom is -0.506 e. The number of nitrogens with one attached hydrogen (secondary N) is 1. The van der Waals surface area contributed by atoms with Gasteiger partial charge in [0.2, 0.25) is 0 Å². The van der Waals surface area contributed by atoms with E-state index in [1.807, 2.05) is 0 Å². The Morgan fingerprint density at radius 3 is 2.81 bits per heavy atom. The lowest BCUT2D eigenvalue weighted by molar-refractivity contribution is 0.447. The van der Waals surface area contributed by atoms with E-state index in [1.165, 1.54) is 10.7 Å². The molecule has 2 N–H and O–H groups in total. The third-order valence-electron chi connectivity index (χ3n) is 2.88. The summed E-state index contributed by atoms with van der Waals surface area (Å²) >= 11 is 5.93. The van der Waals surface area contributed by atoms with Crippen molar-refractivity contribution in [3.63, 3.8) is 0 Å². The van der Waals surface area contributed by atoms with Gasteiger partial charge in [-0.2, -0.15) is 9.78 Å². The van der Waals surface area contributed by atoms with Gasteiger partial charge in [-0.15, -0.1) is 0 Å². The number of halogens is 1. The minimum atomic E-state index is -0.401. The molecule has 1 heterocycles. The Kier molecular flexibility index (Phi) is 4.98. The molecular formula is C15H18ClN3O2. The maximum atomic E-state index is 12.0. The standard InChI is InChI=1S/C15H18ClN3O2/c1-10(2)8-17-9-13-14(20)7-15(21)19(18-13)12-5-3-4-11(16)6-12/h3-7,10,17,20H,8-9H2,1-2H3. The molecule has 0 aliphatic rings. The van der Waals surface area contributed by atoms with Crippen LogP contribution in [-0.2, 0) is 6.54 Å². The van der Waals surface area contributed by atoms with E-state index in [4.69, 9.17) is 11.6 Å². The summed E-state index contributed by atoms with van der Waals surface area (Å²) in [5, 5.41) is 17.8. The number of benzene rings is 1. The highest BCUT2D eigenvalue weighted by atomic mass is 35.5. The van der Waals surface area contributed by atoms with Crippen LogP contribution < -0.4 is 10.9 Å². The van der Waals surface area contributed by atoms with Crippen molar-refractivity contribution < 1.29 is 5.11 Å². The van der Waals surface area contributed by atoms with Crippen LogP contribution in [0.4, 0.5) is 0 Å². The average molecular weight is 308 g/mol. The summed E-state index contributed by atoms with van der Waals surface area (Å²) in [6, 6.07) is 8.03. The predicted molar refractivity (Wildman–Crippen MR) is 83.1 cm³/mol. The zero-order chi connectivity index (χ0) is 15.4. The van der Waals surface area contributed by atoms with Gasteiger partial charge in [-0.25, -0.2) is 0 Å². The molecule has 5 nitrogen and oxygen atoms in total. The summed E-state index contributed by atoms with van der Waals surface area (Å²) in [6.07, 6.45) is 0. The summed E-state index contributed by atoms with van der Waals surface area (Å²) < 4.78 is 1.23. The lowest BCUT2D eigenvalue weighted by atomic mass is 10.2. The average Bonchev–Trinajstić information content (AvgIpc) is 2.40. The smallest absolute Gasteiger partial charge is 0.275 e. The normalized spacial score (nSPS) is 11.0. The Morgan fingerprint density at radius 2 is 2.14 bits per heavy atom.